The first-order valence-corrected chi connectivity index (χ1v) is 10.3. The minimum Gasteiger partial charge on any atom is -0.469 e. The molecule has 28 heavy (non-hydrogen) atoms. The van der Waals surface area contributed by atoms with Crippen LogP contribution in [0.1, 0.15) is 23.1 Å². The number of thioether (sulfide) groups is 1. The summed E-state index contributed by atoms with van der Waals surface area (Å²) in [5.41, 5.74) is 3.70. The van der Waals surface area contributed by atoms with Crippen molar-refractivity contribution in [1.82, 2.24) is 0 Å². The maximum atomic E-state index is 11.4. The van der Waals surface area contributed by atoms with Crippen LogP contribution in [0, 0.1) is 0 Å². The van der Waals surface area contributed by atoms with Gasteiger partial charge in [0.1, 0.15) is 0 Å². The van der Waals surface area contributed by atoms with Gasteiger partial charge in [-0.15, -0.1) is 11.8 Å². The van der Waals surface area contributed by atoms with Crippen LogP contribution in [0.25, 0.3) is 0 Å². The quantitative estimate of drug-likeness (QED) is 0.276. The summed E-state index contributed by atoms with van der Waals surface area (Å²) in [6.07, 6.45) is 4.22. The van der Waals surface area contributed by atoms with Gasteiger partial charge in [0.2, 0.25) is 0 Å². The average Bonchev–Trinajstić information content (AvgIpc) is 2.78. The van der Waals surface area contributed by atoms with Crippen molar-refractivity contribution in [3.8, 4) is 0 Å². The molecule has 0 aromatic heterocycles. The molecule has 3 heteroatoms. The number of ether oxygens (including phenoxy) is 1. The van der Waals surface area contributed by atoms with Crippen molar-refractivity contribution in [2.45, 2.75) is 11.2 Å². The Bertz CT molecular complexity index is 793. The predicted molar refractivity (Wildman–Crippen MR) is 117 cm³/mol. The van der Waals surface area contributed by atoms with Crippen molar-refractivity contribution in [2.24, 2.45) is 0 Å². The number of esters is 1. The molecule has 0 spiro atoms. The summed E-state index contributed by atoms with van der Waals surface area (Å²) in [7, 11) is 1.41. The summed E-state index contributed by atoms with van der Waals surface area (Å²) in [4.78, 5) is 11.4. The van der Waals surface area contributed by atoms with E-state index in [-0.39, 0.29) is 10.7 Å². The SMILES string of the molecule is COC(=O)CC=CCSC(c1ccccc1)(c1ccccc1)c1ccccc1. The van der Waals surface area contributed by atoms with Crippen LogP contribution in [0.3, 0.4) is 0 Å². The first kappa shape index (κ1) is 20.0. The lowest BCUT2D eigenvalue weighted by Gasteiger charge is -2.35. The molecule has 0 unspecified atom stereocenters. The van der Waals surface area contributed by atoms with Crippen LogP contribution in [0.5, 0.6) is 0 Å². The lowest BCUT2D eigenvalue weighted by Crippen LogP contribution is -2.26. The summed E-state index contributed by atoms with van der Waals surface area (Å²) in [6, 6.07) is 31.8. The zero-order valence-corrected chi connectivity index (χ0v) is 16.8. The number of benzene rings is 3. The third-order valence-corrected chi connectivity index (χ3v) is 6.12. The minimum absolute atomic E-state index is 0.221. The molecule has 0 aliphatic rings. The topological polar surface area (TPSA) is 26.3 Å². The van der Waals surface area contributed by atoms with E-state index in [4.69, 9.17) is 4.74 Å². The molecule has 3 rings (SSSR count). The van der Waals surface area contributed by atoms with E-state index in [2.05, 4.69) is 72.8 Å². The summed E-state index contributed by atoms with van der Waals surface area (Å²) in [5.74, 6) is 0.553. The fourth-order valence-corrected chi connectivity index (χ4v) is 4.66. The summed E-state index contributed by atoms with van der Waals surface area (Å²) >= 11 is 1.85. The van der Waals surface area contributed by atoms with Gasteiger partial charge in [-0.3, -0.25) is 4.79 Å². The Morgan fingerprint density at radius 2 is 1.21 bits per heavy atom. The van der Waals surface area contributed by atoms with Gasteiger partial charge in [0.05, 0.1) is 18.3 Å². The fourth-order valence-electron chi connectivity index (χ4n) is 3.27. The molecule has 142 valence electrons. The molecule has 0 aliphatic heterocycles. The zero-order valence-electron chi connectivity index (χ0n) is 16.0. The van der Waals surface area contributed by atoms with Gasteiger partial charge in [-0.25, -0.2) is 0 Å². The number of hydrogen-bond acceptors (Lipinski definition) is 3. The minimum atomic E-state index is -0.334. The highest BCUT2D eigenvalue weighted by atomic mass is 32.2. The molecule has 0 radical (unpaired) electrons. The third-order valence-electron chi connectivity index (χ3n) is 4.62. The van der Waals surface area contributed by atoms with Crippen molar-refractivity contribution in [3.63, 3.8) is 0 Å². The van der Waals surface area contributed by atoms with Crippen LogP contribution in [0.15, 0.2) is 103 Å². The van der Waals surface area contributed by atoms with E-state index in [1.165, 1.54) is 23.8 Å². The van der Waals surface area contributed by atoms with E-state index in [0.717, 1.165) is 5.75 Å². The Morgan fingerprint density at radius 1 is 0.786 bits per heavy atom. The van der Waals surface area contributed by atoms with E-state index in [0.29, 0.717) is 6.42 Å². The smallest absolute Gasteiger partial charge is 0.309 e. The first-order valence-electron chi connectivity index (χ1n) is 9.29. The highest BCUT2D eigenvalue weighted by molar-refractivity contribution is 8.00. The molecule has 0 N–H and O–H groups in total. The molecule has 3 aromatic rings. The van der Waals surface area contributed by atoms with Crippen molar-refractivity contribution < 1.29 is 9.53 Å². The third kappa shape index (κ3) is 4.55. The summed E-state index contributed by atoms with van der Waals surface area (Å²) in [5, 5.41) is 0. The van der Waals surface area contributed by atoms with E-state index in [1.54, 1.807) is 0 Å². The van der Waals surface area contributed by atoms with E-state index < -0.39 is 0 Å². The number of rotatable bonds is 8. The second kappa shape index (κ2) is 9.95. The molecule has 2 nitrogen and oxygen atoms in total. The molecule has 0 saturated carbocycles. The van der Waals surface area contributed by atoms with Gasteiger partial charge >= 0.3 is 5.97 Å². The number of carbonyl (C=O) groups is 1. The molecule has 0 saturated heterocycles. The van der Waals surface area contributed by atoms with E-state index in [1.807, 2.05) is 42.1 Å². The van der Waals surface area contributed by atoms with Gasteiger partial charge in [0.15, 0.2) is 0 Å². The standard InChI is InChI=1S/C25H24O2S/c1-27-24(26)19-11-12-20-28-25(21-13-5-2-6-14-21,22-15-7-3-8-16-22)23-17-9-4-10-18-23/h2-18H,19-20H2,1H3. The Hall–Kier alpha value is -2.78. The van der Waals surface area contributed by atoms with Crippen molar-refractivity contribution in [1.29, 1.82) is 0 Å². The number of methoxy groups -OCH3 is 1. The normalized spacial score (nSPS) is 11.5. The molecule has 0 fully saturated rings. The zero-order chi connectivity index (χ0) is 19.7. The van der Waals surface area contributed by atoms with Gasteiger partial charge in [-0.1, -0.05) is 103 Å². The monoisotopic (exact) mass is 388 g/mol. The first-order chi connectivity index (χ1) is 13.8. The van der Waals surface area contributed by atoms with Crippen LogP contribution in [0.4, 0.5) is 0 Å². The van der Waals surface area contributed by atoms with Gasteiger partial charge < -0.3 is 4.74 Å². The second-order valence-corrected chi connectivity index (χ2v) is 7.58. The largest absolute Gasteiger partial charge is 0.469 e. The second-order valence-electron chi connectivity index (χ2n) is 6.34. The molecule has 0 amide bonds. The Kier molecular flexibility index (Phi) is 7.10. The van der Waals surface area contributed by atoms with Crippen LogP contribution < -0.4 is 0 Å². The molecule has 3 aromatic carbocycles. The number of carbonyl (C=O) groups excluding carboxylic acids is 1. The van der Waals surface area contributed by atoms with Gasteiger partial charge in [0, 0.05) is 5.75 Å². The maximum absolute atomic E-state index is 11.4. The van der Waals surface area contributed by atoms with Crippen LogP contribution in [0.2, 0.25) is 0 Å². The molecular formula is C25H24O2S. The van der Waals surface area contributed by atoms with Crippen LogP contribution >= 0.6 is 11.8 Å². The Morgan fingerprint density at radius 3 is 1.61 bits per heavy atom. The molecular weight excluding hydrogens is 364 g/mol. The van der Waals surface area contributed by atoms with Gasteiger partial charge in [-0.05, 0) is 16.7 Å². The maximum Gasteiger partial charge on any atom is 0.309 e. The molecule has 0 aliphatic carbocycles. The predicted octanol–water partition coefficient (Wildman–Crippen LogP) is 5.83. The average molecular weight is 389 g/mol. The lowest BCUT2D eigenvalue weighted by molar-refractivity contribution is -0.139. The molecule has 0 atom stereocenters. The highest BCUT2D eigenvalue weighted by Crippen LogP contribution is 2.48. The highest BCUT2D eigenvalue weighted by Gasteiger charge is 2.36. The van der Waals surface area contributed by atoms with Crippen molar-refractivity contribution in [3.05, 3.63) is 120 Å². The molecule has 0 heterocycles. The van der Waals surface area contributed by atoms with E-state index >= 15 is 0 Å². The summed E-state index contributed by atoms with van der Waals surface area (Å²) < 4.78 is 4.37. The van der Waals surface area contributed by atoms with Gasteiger partial charge in [0.25, 0.3) is 0 Å². The van der Waals surface area contributed by atoms with Crippen LogP contribution in [-0.4, -0.2) is 18.8 Å². The van der Waals surface area contributed by atoms with Crippen molar-refractivity contribution >= 4 is 17.7 Å². The fraction of sp³-hybridized carbons (Fsp3) is 0.160. The molecule has 0 bridgehead atoms. The van der Waals surface area contributed by atoms with E-state index in [9.17, 15) is 4.79 Å². The van der Waals surface area contributed by atoms with Gasteiger partial charge in [-0.2, -0.15) is 0 Å². The summed E-state index contributed by atoms with van der Waals surface area (Å²) in [6.45, 7) is 0. The number of hydrogen-bond donors (Lipinski definition) is 0. The Balaban J connectivity index is 2.03. The lowest BCUT2D eigenvalue weighted by atomic mass is 9.84. The van der Waals surface area contributed by atoms with Crippen molar-refractivity contribution in [2.75, 3.05) is 12.9 Å². The Labute approximate surface area is 171 Å². The van der Waals surface area contributed by atoms with Crippen LogP contribution in [-0.2, 0) is 14.3 Å².